The van der Waals surface area contributed by atoms with E-state index in [0.717, 1.165) is 27.8 Å². The highest BCUT2D eigenvalue weighted by atomic mass is 28.4. The minimum atomic E-state index is -2.51. The molecule has 0 radical (unpaired) electrons. The number of likely N-dealkylation sites (N-methyl/N-ethyl adjacent to an activating group) is 3. The first-order chi connectivity index (χ1) is 37.6. The van der Waals surface area contributed by atoms with Gasteiger partial charge in [0, 0.05) is 50.9 Å². The van der Waals surface area contributed by atoms with E-state index in [9.17, 15) is 33.6 Å². The molecule has 17 heteroatoms. The molecule has 3 aromatic carbocycles. The second kappa shape index (κ2) is 29.7. The number of carbonyl (C=O) groups is 7. The van der Waals surface area contributed by atoms with Crippen LogP contribution in [-0.4, -0.2) is 142 Å². The van der Waals surface area contributed by atoms with Crippen LogP contribution >= 0.6 is 0 Å². The summed E-state index contributed by atoms with van der Waals surface area (Å²) in [4.78, 5) is 100. The summed E-state index contributed by atoms with van der Waals surface area (Å²) in [5, 5.41) is 2.53. The Balaban J connectivity index is 1.50. The number of fused-ring (bicyclic) bond motifs is 3. The molecule has 16 nitrogen and oxygen atoms in total. The van der Waals surface area contributed by atoms with Crippen LogP contribution in [0.4, 0.5) is 4.79 Å². The topological polar surface area (TPSA) is 187 Å². The number of benzene rings is 3. The van der Waals surface area contributed by atoms with Crippen LogP contribution in [0.25, 0.3) is 11.1 Å². The van der Waals surface area contributed by atoms with E-state index in [1.165, 1.54) is 48.8 Å². The third-order valence-corrected chi connectivity index (χ3v) is 20.7. The van der Waals surface area contributed by atoms with E-state index in [4.69, 9.17) is 23.4 Å². The fraction of sp³-hybridized carbons (Fsp3) is 0.540. The molecule has 3 aromatic rings. The van der Waals surface area contributed by atoms with E-state index < -0.39 is 98.3 Å². The Bertz CT molecular complexity index is 2610. The van der Waals surface area contributed by atoms with Crippen molar-refractivity contribution < 1.29 is 56.9 Å². The van der Waals surface area contributed by atoms with Crippen molar-refractivity contribution in [2.75, 3.05) is 40.9 Å². The van der Waals surface area contributed by atoms with Gasteiger partial charge in [0.05, 0.1) is 6.10 Å². The van der Waals surface area contributed by atoms with Gasteiger partial charge in [-0.1, -0.05) is 159 Å². The van der Waals surface area contributed by atoms with Crippen molar-refractivity contribution in [3.63, 3.8) is 0 Å². The van der Waals surface area contributed by atoms with E-state index >= 15 is 0 Å². The van der Waals surface area contributed by atoms with Gasteiger partial charge in [0.1, 0.15) is 44.0 Å². The quantitative estimate of drug-likeness (QED) is 0.0239. The summed E-state index contributed by atoms with van der Waals surface area (Å²) in [5.74, 6) is -4.88. The largest absolute Gasteiger partial charge is 0.460 e. The van der Waals surface area contributed by atoms with Crippen LogP contribution in [0.3, 0.4) is 0 Å². The maximum atomic E-state index is 14.2. The maximum absolute atomic E-state index is 14.2. The molecule has 0 heterocycles. The molecule has 0 fully saturated rings. The van der Waals surface area contributed by atoms with Gasteiger partial charge in [0.25, 0.3) is 5.91 Å². The lowest BCUT2D eigenvalue weighted by molar-refractivity contribution is -0.162. The second-order valence-corrected chi connectivity index (χ2v) is 27.8. The van der Waals surface area contributed by atoms with Gasteiger partial charge >= 0.3 is 24.0 Å². The zero-order valence-electron chi connectivity index (χ0n) is 50.3. The van der Waals surface area contributed by atoms with Crippen LogP contribution in [0.15, 0.2) is 103 Å². The molecule has 0 aliphatic heterocycles. The summed E-state index contributed by atoms with van der Waals surface area (Å²) in [5.41, 5.74) is 5.37. The minimum absolute atomic E-state index is 0.0194. The summed E-state index contributed by atoms with van der Waals surface area (Å²) in [7, 11) is 1.94. The van der Waals surface area contributed by atoms with E-state index in [-0.39, 0.29) is 55.0 Å². The molecule has 80 heavy (non-hydrogen) atoms. The fourth-order valence-corrected chi connectivity index (χ4v) is 10.8. The molecule has 4 rings (SSSR count). The standard InChI is InChI=1S/C63H90N4O12Si/c1-18-36-75-54(68)38-65(13)59(71)52(37-46-28-22-21-23-29-46)67(15)58(70)44(8)64-57(69)56(41(5)20-3)78-60(72)42(6)34-35-53(79-80(16,17)63(10,11)12)43(7)55(40(4)19-2)77-61(73)45(9)66(14)62(74)76-39-51-49-32-26-24-30-47(49)48-31-25-27-33-50(48)51/h18,21-34,40-41,43-45,51-53,55-56H,1,19-20,35-39H2,2-17H3,(H,64,69)/b42-34+/t40-,41-,43-,44-,45-,52+,53-,55+,56+/m0/s1. The number of carbonyl (C=O) groups excluding carboxylic acids is 7. The molecular formula is C63H90N4O12Si. The summed E-state index contributed by atoms with van der Waals surface area (Å²) in [6, 6.07) is 22.1. The lowest BCUT2D eigenvalue weighted by Crippen LogP contribution is -2.56. The van der Waals surface area contributed by atoms with Crippen molar-refractivity contribution in [3.05, 3.63) is 120 Å². The number of rotatable bonds is 28. The third-order valence-electron chi connectivity index (χ3n) is 16.2. The van der Waals surface area contributed by atoms with Gasteiger partial charge in [0.2, 0.25) is 11.8 Å². The summed E-state index contributed by atoms with van der Waals surface area (Å²) in [6.07, 6.45) is 1.51. The normalized spacial score (nSPS) is 15.9. The molecule has 1 N–H and O–H groups in total. The predicted molar refractivity (Wildman–Crippen MR) is 314 cm³/mol. The van der Waals surface area contributed by atoms with Crippen LogP contribution in [0.2, 0.25) is 18.1 Å². The Labute approximate surface area is 477 Å². The summed E-state index contributed by atoms with van der Waals surface area (Å²) >= 11 is 0. The Morgan fingerprint density at radius 2 is 1.31 bits per heavy atom. The van der Waals surface area contributed by atoms with Crippen LogP contribution < -0.4 is 5.32 Å². The van der Waals surface area contributed by atoms with Gasteiger partial charge in [-0.25, -0.2) is 14.4 Å². The van der Waals surface area contributed by atoms with Gasteiger partial charge in [-0.2, -0.15) is 0 Å². The maximum Gasteiger partial charge on any atom is 0.410 e. The smallest absolute Gasteiger partial charge is 0.410 e. The lowest BCUT2D eigenvalue weighted by Gasteiger charge is -2.43. The summed E-state index contributed by atoms with van der Waals surface area (Å²) < 4.78 is 30.5. The number of hydrogen-bond acceptors (Lipinski definition) is 12. The molecule has 4 amide bonds. The van der Waals surface area contributed by atoms with Crippen molar-refractivity contribution in [3.8, 4) is 11.1 Å². The molecule has 438 valence electrons. The molecule has 0 saturated carbocycles. The highest BCUT2D eigenvalue weighted by molar-refractivity contribution is 6.74. The van der Waals surface area contributed by atoms with Crippen LogP contribution in [0, 0.1) is 17.8 Å². The average Bonchev–Trinajstić information content (AvgIpc) is 3.96. The van der Waals surface area contributed by atoms with E-state index in [0.29, 0.717) is 12.8 Å². The van der Waals surface area contributed by atoms with Crippen molar-refractivity contribution >= 4 is 50.0 Å². The number of nitrogens with zero attached hydrogens (tertiary/aromatic N) is 3. The van der Waals surface area contributed by atoms with Crippen LogP contribution in [-0.2, 0) is 58.6 Å². The van der Waals surface area contributed by atoms with Crippen LogP contribution in [0.1, 0.15) is 118 Å². The molecule has 1 aliphatic rings. The van der Waals surface area contributed by atoms with Gasteiger partial charge in [-0.05, 0) is 85.5 Å². The predicted octanol–water partition coefficient (Wildman–Crippen LogP) is 10.3. The van der Waals surface area contributed by atoms with E-state index in [1.807, 2.05) is 94.4 Å². The first-order valence-corrected chi connectivity index (χ1v) is 31.0. The zero-order chi connectivity index (χ0) is 59.8. The van der Waals surface area contributed by atoms with E-state index in [2.05, 4.69) is 57.9 Å². The Morgan fingerprint density at radius 3 is 1.86 bits per heavy atom. The molecule has 0 spiro atoms. The monoisotopic (exact) mass is 1120 g/mol. The Hall–Kier alpha value is -6.59. The first kappa shape index (κ1) is 65.9. The van der Waals surface area contributed by atoms with Crippen molar-refractivity contribution in [1.29, 1.82) is 0 Å². The molecule has 9 atom stereocenters. The van der Waals surface area contributed by atoms with Gasteiger partial charge in [0.15, 0.2) is 14.4 Å². The number of amides is 4. The van der Waals surface area contributed by atoms with Gasteiger partial charge < -0.3 is 38.5 Å². The Kier molecular flexibility index (Phi) is 24.5. The van der Waals surface area contributed by atoms with Crippen molar-refractivity contribution in [1.82, 2.24) is 20.0 Å². The number of nitrogens with one attached hydrogen (secondary N) is 1. The third kappa shape index (κ3) is 17.2. The number of esters is 3. The molecule has 0 aromatic heterocycles. The molecule has 0 saturated heterocycles. The highest BCUT2D eigenvalue weighted by Gasteiger charge is 2.43. The first-order valence-electron chi connectivity index (χ1n) is 28.1. The van der Waals surface area contributed by atoms with E-state index in [1.54, 1.807) is 26.8 Å². The SMILES string of the molecule is C=CCOC(=O)CN(C)C(=O)[C@@H](Cc1ccccc1)N(C)C(=O)[C@H](C)NC(=O)[C@H](OC(=O)/C(C)=C/C[C@H](O[Si](C)(C)C(C)(C)C)[C@H](C)[C@H](OC(=O)[C@H](C)N(C)C(=O)OCC1c2ccccc2-c2ccccc21)[C@@H](C)CC)[C@@H](C)CC. The number of hydrogen-bond donors (Lipinski definition) is 1. The van der Waals surface area contributed by atoms with Gasteiger partial charge in [-0.15, -0.1) is 0 Å². The Morgan fingerprint density at radius 1 is 0.750 bits per heavy atom. The van der Waals surface area contributed by atoms with Crippen molar-refractivity contribution in [2.45, 2.75) is 162 Å². The van der Waals surface area contributed by atoms with Crippen molar-refractivity contribution in [2.24, 2.45) is 17.8 Å². The zero-order valence-corrected chi connectivity index (χ0v) is 51.3. The summed E-state index contributed by atoms with van der Waals surface area (Å²) in [6.45, 7) is 28.3. The van der Waals surface area contributed by atoms with Gasteiger partial charge in [-0.3, -0.25) is 24.1 Å². The molecule has 0 bridgehead atoms. The molecule has 0 unspecified atom stereocenters. The fourth-order valence-electron chi connectivity index (χ4n) is 9.35. The minimum Gasteiger partial charge on any atom is -0.460 e. The second-order valence-electron chi connectivity index (χ2n) is 23.0. The molecule has 1 aliphatic carbocycles. The lowest BCUT2D eigenvalue weighted by atomic mass is 9.86. The molecular weight excluding hydrogens is 1030 g/mol. The van der Waals surface area contributed by atoms with Crippen LogP contribution in [0.5, 0.6) is 0 Å². The number of ether oxygens (including phenoxy) is 4. The highest BCUT2D eigenvalue weighted by Crippen LogP contribution is 2.45. The average molecular weight is 1120 g/mol.